The number of aromatic nitrogens is 1. The zero-order chi connectivity index (χ0) is 10.6. The lowest BCUT2D eigenvalue weighted by Crippen LogP contribution is -2.20. The maximum atomic E-state index is 4.47. The third-order valence-electron chi connectivity index (χ3n) is 2.28. The fourth-order valence-corrected chi connectivity index (χ4v) is 2.77. The van der Waals surface area contributed by atoms with Gasteiger partial charge >= 0.3 is 0 Å². The lowest BCUT2D eigenvalue weighted by atomic mass is 10.1. The Morgan fingerprint density at radius 2 is 2.07 bits per heavy atom. The van der Waals surface area contributed by atoms with Crippen LogP contribution in [0.1, 0.15) is 48.3 Å². The second kappa shape index (κ2) is 5.47. The minimum Gasteiger partial charge on any atom is -0.309 e. The van der Waals surface area contributed by atoms with Crippen LogP contribution < -0.4 is 5.32 Å². The summed E-state index contributed by atoms with van der Waals surface area (Å²) in [5, 5.41) is 4.70. The molecule has 0 radical (unpaired) electrons. The Kier molecular flexibility index (Phi) is 4.55. The van der Waals surface area contributed by atoms with Crippen molar-refractivity contribution in [3.8, 4) is 0 Å². The van der Waals surface area contributed by atoms with Gasteiger partial charge < -0.3 is 5.32 Å². The van der Waals surface area contributed by atoms with E-state index in [1.807, 2.05) is 11.3 Å². The summed E-state index contributed by atoms with van der Waals surface area (Å²) < 4.78 is 0. The van der Waals surface area contributed by atoms with Gasteiger partial charge in [0.25, 0.3) is 0 Å². The van der Waals surface area contributed by atoms with Crippen molar-refractivity contribution in [2.75, 3.05) is 6.54 Å². The van der Waals surface area contributed by atoms with E-state index in [2.05, 4.69) is 38.0 Å². The van der Waals surface area contributed by atoms with Gasteiger partial charge in [0.1, 0.15) is 0 Å². The Balaban J connectivity index is 2.80. The average molecular weight is 212 g/mol. The third kappa shape index (κ3) is 2.79. The van der Waals surface area contributed by atoms with Crippen LogP contribution in [0.3, 0.4) is 0 Å². The molecule has 0 saturated carbocycles. The van der Waals surface area contributed by atoms with Crippen LogP contribution in [0, 0.1) is 13.8 Å². The van der Waals surface area contributed by atoms with Crippen molar-refractivity contribution in [3.05, 3.63) is 15.6 Å². The Morgan fingerprint density at radius 1 is 1.36 bits per heavy atom. The summed E-state index contributed by atoms with van der Waals surface area (Å²) >= 11 is 1.83. The van der Waals surface area contributed by atoms with Crippen LogP contribution in [-0.2, 0) is 0 Å². The molecule has 0 aliphatic carbocycles. The van der Waals surface area contributed by atoms with E-state index < -0.39 is 0 Å². The molecule has 0 aliphatic heterocycles. The van der Waals surface area contributed by atoms with E-state index in [0.29, 0.717) is 6.04 Å². The summed E-state index contributed by atoms with van der Waals surface area (Å²) in [4.78, 5) is 5.90. The molecule has 0 fully saturated rings. The molecule has 3 heteroatoms. The fourth-order valence-electron chi connectivity index (χ4n) is 1.73. The normalized spacial score (nSPS) is 13.1. The summed E-state index contributed by atoms with van der Waals surface area (Å²) in [6.07, 6.45) is 2.42. The molecule has 0 aromatic carbocycles. The van der Waals surface area contributed by atoms with Crippen molar-refractivity contribution >= 4 is 11.3 Å². The molecule has 0 saturated heterocycles. The summed E-state index contributed by atoms with van der Waals surface area (Å²) in [6, 6.07) is 0.510. The molecule has 2 nitrogen and oxygen atoms in total. The van der Waals surface area contributed by atoms with Crippen LogP contribution >= 0.6 is 11.3 Å². The van der Waals surface area contributed by atoms with Gasteiger partial charge in [-0.15, -0.1) is 11.3 Å². The van der Waals surface area contributed by atoms with Gasteiger partial charge in [0.05, 0.1) is 10.7 Å². The molecule has 1 rings (SSSR count). The van der Waals surface area contributed by atoms with E-state index in [9.17, 15) is 0 Å². The second-order valence-corrected chi connectivity index (χ2v) is 4.82. The van der Waals surface area contributed by atoms with E-state index in [-0.39, 0.29) is 0 Å². The lowest BCUT2D eigenvalue weighted by molar-refractivity contribution is 0.514. The van der Waals surface area contributed by atoms with E-state index >= 15 is 0 Å². The molecular formula is C11H20N2S. The van der Waals surface area contributed by atoms with Crippen molar-refractivity contribution in [2.24, 2.45) is 0 Å². The van der Waals surface area contributed by atoms with Gasteiger partial charge in [0, 0.05) is 10.9 Å². The average Bonchev–Trinajstić information content (AvgIpc) is 2.45. The number of nitrogens with one attached hydrogen (secondary N) is 1. The van der Waals surface area contributed by atoms with Gasteiger partial charge in [-0.1, -0.05) is 20.3 Å². The smallest absolute Gasteiger partial charge is 0.0900 e. The minimum atomic E-state index is 0.510. The van der Waals surface area contributed by atoms with Crippen LogP contribution in [-0.4, -0.2) is 11.5 Å². The Morgan fingerprint density at radius 3 is 2.50 bits per heavy atom. The molecule has 14 heavy (non-hydrogen) atoms. The molecule has 0 amide bonds. The van der Waals surface area contributed by atoms with Gasteiger partial charge in [0.2, 0.25) is 0 Å². The molecular weight excluding hydrogens is 192 g/mol. The van der Waals surface area contributed by atoms with E-state index in [0.717, 1.165) is 6.54 Å². The van der Waals surface area contributed by atoms with Crippen molar-refractivity contribution in [3.63, 3.8) is 0 Å². The predicted molar refractivity (Wildman–Crippen MR) is 62.9 cm³/mol. The first kappa shape index (κ1) is 11.7. The zero-order valence-corrected chi connectivity index (χ0v) is 10.4. The molecule has 0 spiro atoms. The number of nitrogens with zero attached hydrogens (tertiary/aromatic N) is 1. The second-order valence-electron chi connectivity index (χ2n) is 3.58. The molecule has 80 valence electrons. The van der Waals surface area contributed by atoms with Gasteiger partial charge in [-0.2, -0.15) is 0 Å². The summed E-state index contributed by atoms with van der Waals surface area (Å²) in [5.74, 6) is 0. The number of thiazole rings is 1. The van der Waals surface area contributed by atoms with Crippen LogP contribution in [0.5, 0.6) is 0 Å². The number of hydrogen-bond acceptors (Lipinski definition) is 3. The Hall–Kier alpha value is -0.410. The highest BCUT2D eigenvalue weighted by Crippen LogP contribution is 2.27. The number of rotatable bonds is 5. The van der Waals surface area contributed by atoms with Gasteiger partial charge in [-0.3, -0.25) is 0 Å². The molecule has 1 heterocycles. The molecule has 0 aliphatic rings. The first-order valence-corrected chi connectivity index (χ1v) is 6.18. The highest BCUT2D eigenvalue weighted by atomic mass is 32.1. The third-order valence-corrected chi connectivity index (χ3v) is 3.47. The minimum absolute atomic E-state index is 0.510. The van der Waals surface area contributed by atoms with Crippen molar-refractivity contribution in [2.45, 2.75) is 46.6 Å². The maximum Gasteiger partial charge on any atom is 0.0900 e. The zero-order valence-electron chi connectivity index (χ0n) is 9.55. The Bertz CT molecular complexity index is 275. The summed E-state index contributed by atoms with van der Waals surface area (Å²) in [7, 11) is 0. The van der Waals surface area contributed by atoms with Gasteiger partial charge in [-0.05, 0) is 26.8 Å². The number of hydrogen-bond donors (Lipinski definition) is 1. The highest BCUT2D eigenvalue weighted by Gasteiger charge is 2.15. The van der Waals surface area contributed by atoms with Crippen molar-refractivity contribution in [1.82, 2.24) is 10.3 Å². The van der Waals surface area contributed by atoms with Gasteiger partial charge in [0.15, 0.2) is 0 Å². The van der Waals surface area contributed by atoms with Crippen LogP contribution in [0.4, 0.5) is 0 Å². The van der Waals surface area contributed by atoms with E-state index in [4.69, 9.17) is 0 Å². The van der Waals surface area contributed by atoms with Crippen LogP contribution in [0.25, 0.3) is 0 Å². The fraction of sp³-hybridized carbons (Fsp3) is 0.727. The quantitative estimate of drug-likeness (QED) is 0.810. The largest absolute Gasteiger partial charge is 0.309 e. The first-order valence-electron chi connectivity index (χ1n) is 5.36. The molecule has 1 unspecified atom stereocenters. The SMILES string of the molecule is CCCC(NCC)c1sc(C)nc1C. The van der Waals surface area contributed by atoms with E-state index in [1.54, 1.807) is 0 Å². The monoisotopic (exact) mass is 212 g/mol. The maximum absolute atomic E-state index is 4.47. The van der Waals surface area contributed by atoms with E-state index in [1.165, 1.54) is 28.4 Å². The van der Waals surface area contributed by atoms with Gasteiger partial charge in [-0.25, -0.2) is 4.98 Å². The topological polar surface area (TPSA) is 24.9 Å². The summed E-state index contributed by atoms with van der Waals surface area (Å²) in [5.41, 5.74) is 1.20. The molecule has 1 aromatic heterocycles. The Labute approximate surface area is 90.8 Å². The van der Waals surface area contributed by atoms with Crippen LogP contribution in [0.15, 0.2) is 0 Å². The first-order chi connectivity index (χ1) is 6.69. The van der Waals surface area contributed by atoms with Crippen LogP contribution in [0.2, 0.25) is 0 Å². The predicted octanol–water partition coefficient (Wildman–Crippen LogP) is 3.21. The lowest BCUT2D eigenvalue weighted by Gasteiger charge is -2.15. The number of aryl methyl sites for hydroxylation is 2. The summed E-state index contributed by atoms with van der Waals surface area (Å²) in [6.45, 7) is 9.61. The molecule has 1 atom stereocenters. The standard InChI is InChI=1S/C11H20N2S/c1-5-7-10(12-6-2)11-8(3)13-9(4)14-11/h10,12H,5-7H2,1-4H3. The molecule has 0 bridgehead atoms. The highest BCUT2D eigenvalue weighted by molar-refractivity contribution is 7.11. The van der Waals surface area contributed by atoms with Crippen molar-refractivity contribution < 1.29 is 0 Å². The molecule has 1 N–H and O–H groups in total. The van der Waals surface area contributed by atoms with Crippen molar-refractivity contribution in [1.29, 1.82) is 0 Å². The molecule has 1 aromatic rings.